The van der Waals surface area contributed by atoms with Crippen molar-refractivity contribution in [3.63, 3.8) is 0 Å². The molecule has 0 bridgehead atoms. The number of fused-ring (bicyclic) bond motifs is 1. The highest BCUT2D eigenvalue weighted by Crippen LogP contribution is 2.16. The van der Waals surface area contributed by atoms with Crippen LogP contribution in [0.5, 0.6) is 0 Å². The maximum absolute atomic E-state index is 12.3. The van der Waals surface area contributed by atoms with Crippen LogP contribution in [0.15, 0.2) is 24.4 Å². The molecule has 1 aliphatic rings. The second-order valence-electron chi connectivity index (χ2n) is 4.98. The molecule has 3 rings (SSSR count). The Bertz CT molecular complexity index is 570. The van der Waals surface area contributed by atoms with E-state index in [1.807, 2.05) is 23.2 Å². The number of aromatic nitrogens is 2. The normalized spacial score (nSPS) is 17.3. The van der Waals surface area contributed by atoms with Crippen molar-refractivity contribution in [3.8, 4) is 0 Å². The predicted molar refractivity (Wildman–Crippen MR) is 73.6 cm³/mol. The Morgan fingerprint density at radius 3 is 2.79 bits per heavy atom. The second kappa shape index (κ2) is 5.40. The third kappa shape index (κ3) is 2.61. The van der Waals surface area contributed by atoms with Crippen LogP contribution in [0, 0.1) is 0 Å². The van der Waals surface area contributed by atoms with Crippen molar-refractivity contribution >= 4 is 16.8 Å². The summed E-state index contributed by atoms with van der Waals surface area (Å²) in [5.74, 6) is -0.0586. The first-order chi connectivity index (χ1) is 9.34. The van der Waals surface area contributed by atoms with Gasteiger partial charge in [-0.15, -0.1) is 0 Å². The molecule has 1 aromatic carbocycles. The summed E-state index contributed by atoms with van der Waals surface area (Å²) in [6, 6.07) is 5.66. The number of hydrogen-bond acceptors (Lipinski definition) is 3. The zero-order valence-electron chi connectivity index (χ0n) is 10.9. The topological polar surface area (TPSA) is 61.0 Å². The summed E-state index contributed by atoms with van der Waals surface area (Å²) in [7, 11) is 0. The van der Waals surface area contributed by atoms with Gasteiger partial charge in [0.1, 0.15) is 0 Å². The van der Waals surface area contributed by atoms with Crippen molar-refractivity contribution < 1.29 is 4.79 Å². The molecule has 5 heteroatoms. The van der Waals surface area contributed by atoms with Crippen molar-refractivity contribution in [1.82, 2.24) is 20.6 Å². The van der Waals surface area contributed by atoms with Gasteiger partial charge in [0.2, 0.25) is 0 Å². The van der Waals surface area contributed by atoms with E-state index in [9.17, 15) is 4.79 Å². The number of amides is 1. The quantitative estimate of drug-likeness (QED) is 0.867. The van der Waals surface area contributed by atoms with Crippen molar-refractivity contribution in [2.75, 3.05) is 13.1 Å². The van der Waals surface area contributed by atoms with Crippen LogP contribution in [-0.2, 0) is 0 Å². The maximum atomic E-state index is 12.3. The molecule has 2 heterocycles. The van der Waals surface area contributed by atoms with Gasteiger partial charge in [-0.1, -0.05) is 25.0 Å². The Hall–Kier alpha value is -1.88. The summed E-state index contributed by atoms with van der Waals surface area (Å²) in [4.78, 5) is 12.3. The first kappa shape index (κ1) is 12.2. The van der Waals surface area contributed by atoms with Crippen LogP contribution in [0.25, 0.3) is 10.9 Å². The third-order valence-electron chi connectivity index (χ3n) is 3.59. The highest BCUT2D eigenvalue weighted by Gasteiger charge is 2.15. The number of benzene rings is 1. The van der Waals surface area contributed by atoms with E-state index >= 15 is 0 Å². The number of H-pyrrole nitrogens is 1. The Morgan fingerprint density at radius 2 is 2.00 bits per heavy atom. The molecule has 2 aromatic rings. The van der Waals surface area contributed by atoms with E-state index in [-0.39, 0.29) is 5.91 Å². The lowest BCUT2D eigenvalue weighted by Gasteiger charge is -2.20. The van der Waals surface area contributed by atoms with Crippen LogP contribution in [0.4, 0.5) is 0 Å². The molecule has 0 saturated carbocycles. The van der Waals surface area contributed by atoms with E-state index in [2.05, 4.69) is 15.6 Å². The van der Waals surface area contributed by atoms with Crippen molar-refractivity contribution in [2.24, 2.45) is 0 Å². The molecule has 0 aliphatic carbocycles. The van der Waals surface area contributed by atoms with Gasteiger partial charge in [-0.05, 0) is 18.9 Å². The average molecular weight is 258 g/mol. The summed E-state index contributed by atoms with van der Waals surface area (Å²) in [6.07, 6.45) is 6.53. The van der Waals surface area contributed by atoms with Crippen LogP contribution < -0.4 is 5.43 Å². The first-order valence-electron chi connectivity index (χ1n) is 6.82. The van der Waals surface area contributed by atoms with Gasteiger partial charge < -0.3 is 0 Å². The van der Waals surface area contributed by atoms with Gasteiger partial charge in [0, 0.05) is 18.5 Å². The number of hydrazine groups is 1. The fraction of sp³-hybridized carbons (Fsp3) is 0.429. The Balaban J connectivity index is 1.77. The van der Waals surface area contributed by atoms with Gasteiger partial charge in [-0.25, -0.2) is 5.01 Å². The summed E-state index contributed by atoms with van der Waals surface area (Å²) in [6.45, 7) is 1.87. The minimum Gasteiger partial charge on any atom is -0.285 e. The van der Waals surface area contributed by atoms with Crippen molar-refractivity contribution in [1.29, 1.82) is 0 Å². The average Bonchev–Trinajstić information content (AvgIpc) is 2.76. The molecule has 1 aromatic heterocycles. The highest BCUT2D eigenvalue weighted by molar-refractivity contribution is 6.05. The van der Waals surface area contributed by atoms with Gasteiger partial charge in [-0.3, -0.25) is 15.3 Å². The Kier molecular flexibility index (Phi) is 3.46. The summed E-state index contributed by atoms with van der Waals surface area (Å²) in [5.41, 5.74) is 4.46. The molecule has 2 N–H and O–H groups in total. The molecular weight excluding hydrogens is 240 g/mol. The van der Waals surface area contributed by atoms with E-state index in [4.69, 9.17) is 0 Å². The smallest absolute Gasteiger partial charge is 0.267 e. The van der Waals surface area contributed by atoms with E-state index in [1.165, 1.54) is 12.8 Å². The van der Waals surface area contributed by atoms with E-state index in [0.717, 1.165) is 36.8 Å². The molecule has 1 amide bonds. The molecule has 100 valence electrons. The van der Waals surface area contributed by atoms with Crippen LogP contribution in [0.1, 0.15) is 36.0 Å². The highest BCUT2D eigenvalue weighted by atomic mass is 16.2. The van der Waals surface area contributed by atoms with Crippen LogP contribution >= 0.6 is 0 Å². The predicted octanol–water partition coefficient (Wildman–Crippen LogP) is 2.08. The third-order valence-corrected chi connectivity index (χ3v) is 3.59. The van der Waals surface area contributed by atoms with E-state index < -0.39 is 0 Å². The lowest BCUT2D eigenvalue weighted by molar-refractivity contribution is 0.0796. The van der Waals surface area contributed by atoms with E-state index in [1.54, 1.807) is 6.20 Å². The number of carbonyl (C=O) groups is 1. The molecule has 0 unspecified atom stereocenters. The van der Waals surface area contributed by atoms with Crippen LogP contribution in [-0.4, -0.2) is 34.2 Å². The van der Waals surface area contributed by atoms with Gasteiger partial charge in [0.25, 0.3) is 5.91 Å². The number of rotatable bonds is 2. The zero-order chi connectivity index (χ0) is 13.1. The summed E-state index contributed by atoms with van der Waals surface area (Å²) < 4.78 is 0. The molecule has 0 atom stereocenters. The SMILES string of the molecule is O=C(NN1CCCCCC1)c1cccc2cn[nH]c12. The van der Waals surface area contributed by atoms with Gasteiger partial charge >= 0.3 is 0 Å². The number of nitrogens with zero attached hydrogens (tertiary/aromatic N) is 2. The summed E-state index contributed by atoms with van der Waals surface area (Å²) >= 11 is 0. The molecule has 1 fully saturated rings. The number of para-hydroxylation sites is 1. The number of carbonyl (C=O) groups excluding carboxylic acids is 1. The van der Waals surface area contributed by atoms with Crippen LogP contribution in [0.2, 0.25) is 0 Å². The largest absolute Gasteiger partial charge is 0.285 e. The number of aromatic amines is 1. The lowest BCUT2D eigenvalue weighted by Crippen LogP contribution is -2.42. The van der Waals surface area contributed by atoms with Gasteiger partial charge in [0.05, 0.1) is 17.3 Å². The van der Waals surface area contributed by atoms with Crippen molar-refractivity contribution in [2.45, 2.75) is 25.7 Å². The van der Waals surface area contributed by atoms with Crippen molar-refractivity contribution in [3.05, 3.63) is 30.0 Å². The fourth-order valence-electron chi connectivity index (χ4n) is 2.54. The monoisotopic (exact) mass is 258 g/mol. The lowest BCUT2D eigenvalue weighted by atomic mass is 10.1. The minimum absolute atomic E-state index is 0.0586. The zero-order valence-corrected chi connectivity index (χ0v) is 10.9. The van der Waals surface area contributed by atoms with Crippen LogP contribution in [0.3, 0.4) is 0 Å². The molecule has 5 nitrogen and oxygen atoms in total. The fourth-order valence-corrected chi connectivity index (χ4v) is 2.54. The minimum atomic E-state index is -0.0586. The standard InChI is InChI=1S/C14H18N4O/c19-14(17-18-8-3-1-2-4-9-18)12-7-5-6-11-10-15-16-13(11)12/h5-7,10H,1-4,8-9H2,(H,15,16)(H,17,19). The molecule has 1 aliphatic heterocycles. The number of nitrogens with one attached hydrogen (secondary N) is 2. The molecular formula is C14H18N4O. The molecule has 0 spiro atoms. The molecule has 1 saturated heterocycles. The molecule has 0 radical (unpaired) electrons. The maximum Gasteiger partial charge on any atom is 0.267 e. The number of hydrogen-bond donors (Lipinski definition) is 2. The first-order valence-corrected chi connectivity index (χ1v) is 6.82. The summed E-state index contributed by atoms with van der Waals surface area (Å²) in [5, 5.41) is 9.87. The molecule has 19 heavy (non-hydrogen) atoms. The van der Waals surface area contributed by atoms with E-state index in [0.29, 0.717) is 5.56 Å². The Labute approximate surface area is 112 Å². The van der Waals surface area contributed by atoms with Gasteiger partial charge in [0.15, 0.2) is 0 Å². The van der Waals surface area contributed by atoms with Gasteiger partial charge in [-0.2, -0.15) is 5.10 Å². The second-order valence-corrected chi connectivity index (χ2v) is 4.98. The Morgan fingerprint density at radius 1 is 1.21 bits per heavy atom.